The first-order valence-corrected chi connectivity index (χ1v) is 10.3. The fourth-order valence-electron chi connectivity index (χ4n) is 4.15. The summed E-state index contributed by atoms with van der Waals surface area (Å²) in [5.41, 5.74) is 1.45. The van der Waals surface area contributed by atoms with Gasteiger partial charge in [-0.05, 0) is 37.3 Å². The number of aromatic nitrogens is 3. The standard InChI is InChI=1S/C21H30N6/c1-2-25-12-14-27(15-13-25)21-23-20(17-22-24-21)26-10-8-19(9-11-26)16-18-6-4-3-5-7-18/h3-7,17,19H,2,8-16H2,1H3. The molecule has 0 amide bonds. The molecule has 2 aromatic rings. The van der Waals surface area contributed by atoms with Crippen LogP contribution >= 0.6 is 0 Å². The van der Waals surface area contributed by atoms with Gasteiger partial charge in [-0.1, -0.05) is 37.3 Å². The predicted molar refractivity (Wildman–Crippen MR) is 109 cm³/mol. The molecule has 6 nitrogen and oxygen atoms in total. The van der Waals surface area contributed by atoms with E-state index in [0.717, 1.165) is 63.5 Å². The van der Waals surface area contributed by atoms with Gasteiger partial charge in [-0.3, -0.25) is 0 Å². The van der Waals surface area contributed by atoms with Gasteiger partial charge in [0, 0.05) is 39.3 Å². The van der Waals surface area contributed by atoms with Gasteiger partial charge in [0.1, 0.15) is 0 Å². The summed E-state index contributed by atoms with van der Waals surface area (Å²) in [5.74, 6) is 2.53. The van der Waals surface area contributed by atoms with Crippen LogP contribution in [-0.2, 0) is 6.42 Å². The van der Waals surface area contributed by atoms with Crippen LogP contribution in [0.5, 0.6) is 0 Å². The lowest BCUT2D eigenvalue weighted by Crippen LogP contribution is -2.47. The van der Waals surface area contributed by atoms with Crippen molar-refractivity contribution in [2.45, 2.75) is 26.2 Å². The Labute approximate surface area is 162 Å². The molecule has 0 N–H and O–H groups in total. The molecule has 1 aromatic heterocycles. The van der Waals surface area contributed by atoms with Crippen LogP contribution in [0.25, 0.3) is 0 Å². The molecule has 0 bridgehead atoms. The van der Waals surface area contributed by atoms with Crippen molar-refractivity contribution < 1.29 is 0 Å². The normalized spacial score (nSPS) is 19.4. The number of rotatable bonds is 5. The van der Waals surface area contributed by atoms with Crippen molar-refractivity contribution in [2.24, 2.45) is 5.92 Å². The minimum absolute atomic E-state index is 0.764. The van der Waals surface area contributed by atoms with Gasteiger partial charge in [-0.25, -0.2) is 0 Å². The Bertz CT molecular complexity index is 706. The summed E-state index contributed by atoms with van der Waals surface area (Å²) < 4.78 is 0. The summed E-state index contributed by atoms with van der Waals surface area (Å²) in [7, 11) is 0. The largest absolute Gasteiger partial charge is 0.355 e. The van der Waals surface area contributed by atoms with Gasteiger partial charge in [0.05, 0.1) is 6.20 Å². The molecule has 0 radical (unpaired) electrons. The van der Waals surface area contributed by atoms with E-state index in [0.29, 0.717) is 0 Å². The van der Waals surface area contributed by atoms with Crippen LogP contribution in [0.3, 0.4) is 0 Å². The number of piperazine rings is 1. The molecule has 2 fully saturated rings. The van der Waals surface area contributed by atoms with E-state index < -0.39 is 0 Å². The monoisotopic (exact) mass is 366 g/mol. The van der Waals surface area contributed by atoms with Crippen molar-refractivity contribution in [3.8, 4) is 0 Å². The molecule has 2 aliphatic rings. The predicted octanol–water partition coefficient (Wildman–Crippen LogP) is 2.47. The molecular weight excluding hydrogens is 336 g/mol. The second-order valence-electron chi connectivity index (χ2n) is 7.66. The zero-order valence-corrected chi connectivity index (χ0v) is 16.3. The smallest absolute Gasteiger partial charge is 0.247 e. The Morgan fingerprint density at radius 3 is 2.37 bits per heavy atom. The maximum absolute atomic E-state index is 4.84. The minimum atomic E-state index is 0.764. The quantitative estimate of drug-likeness (QED) is 0.810. The lowest BCUT2D eigenvalue weighted by Gasteiger charge is -2.35. The molecule has 0 atom stereocenters. The van der Waals surface area contributed by atoms with Gasteiger partial charge in [0.25, 0.3) is 0 Å². The van der Waals surface area contributed by atoms with E-state index in [1.54, 1.807) is 0 Å². The first-order valence-electron chi connectivity index (χ1n) is 10.3. The van der Waals surface area contributed by atoms with Crippen LogP contribution in [-0.4, -0.2) is 65.9 Å². The number of anilines is 2. The fraction of sp³-hybridized carbons (Fsp3) is 0.571. The molecule has 3 heterocycles. The van der Waals surface area contributed by atoms with Gasteiger partial charge >= 0.3 is 0 Å². The molecule has 2 saturated heterocycles. The zero-order valence-electron chi connectivity index (χ0n) is 16.3. The third kappa shape index (κ3) is 4.56. The highest BCUT2D eigenvalue weighted by Crippen LogP contribution is 2.25. The minimum Gasteiger partial charge on any atom is -0.355 e. The molecule has 6 heteroatoms. The van der Waals surface area contributed by atoms with Gasteiger partial charge in [0.2, 0.25) is 5.95 Å². The zero-order chi connectivity index (χ0) is 18.5. The second kappa shape index (κ2) is 8.65. The Balaban J connectivity index is 1.33. The lowest BCUT2D eigenvalue weighted by atomic mass is 9.90. The van der Waals surface area contributed by atoms with E-state index in [1.807, 2.05) is 6.20 Å². The average Bonchev–Trinajstić information content (AvgIpc) is 2.75. The maximum atomic E-state index is 4.84. The van der Waals surface area contributed by atoms with Crippen LogP contribution < -0.4 is 9.80 Å². The highest BCUT2D eigenvalue weighted by Gasteiger charge is 2.23. The number of hydrogen-bond donors (Lipinski definition) is 0. The molecule has 144 valence electrons. The highest BCUT2D eigenvalue weighted by atomic mass is 15.4. The Kier molecular flexibility index (Phi) is 5.82. The molecule has 4 rings (SSSR count). The van der Waals surface area contributed by atoms with E-state index in [-0.39, 0.29) is 0 Å². The third-order valence-corrected chi connectivity index (χ3v) is 5.94. The van der Waals surface area contributed by atoms with E-state index in [4.69, 9.17) is 4.98 Å². The van der Waals surface area contributed by atoms with E-state index in [1.165, 1.54) is 24.8 Å². The number of benzene rings is 1. The molecule has 1 aromatic carbocycles. The van der Waals surface area contributed by atoms with Gasteiger partial charge in [-0.2, -0.15) is 10.1 Å². The van der Waals surface area contributed by atoms with E-state index in [9.17, 15) is 0 Å². The molecular formula is C21H30N6. The van der Waals surface area contributed by atoms with Crippen molar-refractivity contribution in [3.05, 3.63) is 42.1 Å². The molecule has 27 heavy (non-hydrogen) atoms. The van der Waals surface area contributed by atoms with Crippen molar-refractivity contribution in [2.75, 3.05) is 55.6 Å². The molecule has 0 unspecified atom stereocenters. The summed E-state index contributed by atoms with van der Waals surface area (Å²) in [4.78, 5) is 11.9. The fourth-order valence-corrected chi connectivity index (χ4v) is 4.15. The van der Waals surface area contributed by atoms with Gasteiger partial charge in [-0.15, -0.1) is 5.10 Å². The summed E-state index contributed by atoms with van der Waals surface area (Å²) in [5, 5.41) is 8.55. The van der Waals surface area contributed by atoms with Gasteiger partial charge in [0.15, 0.2) is 5.82 Å². The maximum Gasteiger partial charge on any atom is 0.247 e. The SMILES string of the molecule is CCN1CCN(c2nncc(N3CCC(Cc4ccccc4)CC3)n2)CC1. The highest BCUT2D eigenvalue weighted by molar-refractivity contribution is 5.42. The van der Waals surface area contributed by atoms with Crippen molar-refractivity contribution in [3.63, 3.8) is 0 Å². The van der Waals surface area contributed by atoms with Crippen molar-refractivity contribution in [1.29, 1.82) is 0 Å². The van der Waals surface area contributed by atoms with Crippen LogP contribution in [0.15, 0.2) is 36.5 Å². The second-order valence-corrected chi connectivity index (χ2v) is 7.66. The van der Waals surface area contributed by atoms with Crippen molar-refractivity contribution >= 4 is 11.8 Å². The Morgan fingerprint density at radius 1 is 0.926 bits per heavy atom. The van der Waals surface area contributed by atoms with E-state index in [2.05, 4.69) is 62.2 Å². The average molecular weight is 367 g/mol. The third-order valence-electron chi connectivity index (χ3n) is 5.94. The number of likely N-dealkylation sites (N-methyl/N-ethyl adjacent to an activating group) is 1. The van der Waals surface area contributed by atoms with Crippen molar-refractivity contribution in [1.82, 2.24) is 20.1 Å². The summed E-state index contributed by atoms with van der Waals surface area (Å²) >= 11 is 0. The van der Waals surface area contributed by atoms with Crippen LogP contribution in [0.2, 0.25) is 0 Å². The summed E-state index contributed by atoms with van der Waals surface area (Å²) in [6, 6.07) is 10.8. The Morgan fingerprint density at radius 2 is 1.67 bits per heavy atom. The topological polar surface area (TPSA) is 48.4 Å². The van der Waals surface area contributed by atoms with Gasteiger partial charge < -0.3 is 14.7 Å². The first-order chi connectivity index (χ1) is 13.3. The summed E-state index contributed by atoms with van der Waals surface area (Å²) in [6.45, 7) is 9.57. The summed E-state index contributed by atoms with van der Waals surface area (Å²) in [6.07, 6.45) is 5.43. The van der Waals surface area contributed by atoms with Crippen LogP contribution in [0.4, 0.5) is 11.8 Å². The van der Waals surface area contributed by atoms with E-state index >= 15 is 0 Å². The molecule has 0 aliphatic carbocycles. The van der Waals surface area contributed by atoms with Crippen LogP contribution in [0.1, 0.15) is 25.3 Å². The van der Waals surface area contributed by atoms with Crippen LogP contribution in [0, 0.1) is 5.92 Å². The molecule has 0 saturated carbocycles. The number of piperidine rings is 1. The molecule has 0 spiro atoms. The first kappa shape index (κ1) is 18.2. The number of nitrogens with zero attached hydrogens (tertiary/aromatic N) is 6. The number of hydrogen-bond acceptors (Lipinski definition) is 6. The molecule has 2 aliphatic heterocycles. The Hall–Kier alpha value is -2.21. The lowest BCUT2D eigenvalue weighted by molar-refractivity contribution is 0.269.